The van der Waals surface area contributed by atoms with E-state index in [0.717, 1.165) is 23.5 Å². The summed E-state index contributed by atoms with van der Waals surface area (Å²) in [5.41, 5.74) is 2.00. The number of rotatable bonds is 6. The molecule has 2 aliphatic heterocycles. The van der Waals surface area contributed by atoms with Gasteiger partial charge >= 0.3 is 0 Å². The number of aliphatic imine (C=N–C) groups is 1. The number of carbonyl (C=O) groups is 1. The zero-order valence-corrected chi connectivity index (χ0v) is 15.7. The average Bonchev–Trinajstić information content (AvgIpc) is 3.02. The number of amides is 1. The number of hydrogen-bond donors (Lipinski definition) is 1. The molecular formula is C22H24FN3O2. The number of anilines is 1. The molecule has 0 aliphatic carbocycles. The number of ether oxygens (including phenoxy) is 1. The zero-order valence-electron chi connectivity index (χ0n) is 15.7. The van der Waals surface area contributed by atoms with E-state index in [4.69, 9.17) is 4.74 Å². The Morgan fingerprint density at radius 1 is 1.14 bits per heavy atom. The predicted molar refractivity (Wildman–Crippen MR) is 108 cm³/mol. The molecule has 1 saturated heterocycles. The molecule has 1 amide bonds. The molecule has 1 unspecified atom stereocenters. The van der Waals surface area contributed by atoms with Crippen molar-refractivity contribution in [3.05, 3.63) is 53.8 Å². The molecule has 0 spiro atoms. The molecule has 28 heavy (non-hydrogen) atoms. The number of benzene rings is 2. The van der Waals surface area contributed by atoms with Crippen molar-refractivity contribution in [1.82, 2.24) is 4.90 Å². The van der Waals surface area contributed by atoms with E-state index in [1.54, 1.807) is 12.3 Å². The maximum Gasteiger partial charge on any atom is 0.237 e. The summed E-state index contributed by atoms with van der Waals surface area (Å²) in [6.45, 7) is 3.97. The van der Waals surface area contributed by atoms with Crippen molar-refractivity contribution in [3.63, 3.8) is 0 Å². The van der Waals surface area contributed by atoms with Crippen molar-refractivity contribution in [2.75, 3.05) is 31.6 Å². The molecule has 4 rings (SSSR count). The molecule has 1 atom stereocenters. The van der Waals surface area contributed by atoms with Gasteiger partial charge in [-0.15, -0.1) is 0 Å². The molecule has 2 aromatic carbocycles. The zero-order chi connectivity index (χ0) is 19.3. The van der Waals surface area contributed by atoms with Gasteiger partial charge in [0.25, 0.3) is 0 Å². The van der Waals surface area contributed by atoms with E-state index in [2.05, 4.69) is 15.2 Å². The Bertz CT molecular complexity index is 861. The number of nitrogens with one attached hydrogen (secondary N) is 1. The fourth-order valence-corrected chi connectivity index (χ4v) is 3.67. The fourth-order valence-electron chi connectivity index (χ4n) is 3.67. The van der Waals surface area contributed by atoms with E-state index in [1.165, 1.54) is 44.5 Å². The summed E-state index contributed by atoms with van der Waals surface area (Å²) in [6, 6.07) is 11.8. The van der Waals surface area contributed by atoms with Gasteiger partial charge in [-0.1, -0.05) is 12.5 Å². The topological polar surface area (TPSA) is 53.9 Å². The normalized spacial score (nSPS) is 19.6. The standard InChI is InChI=1S/C22H24FN3O2/c23-16-4-9-19-20(22(27)25-21(19)14-16)15-24-17-5-7-18(8-6-17)28-13-12-26-10-2-1-3-11-26/h4-9,14-15,20H,1-3,10-13H2,(H,25,27). The first-order valence-corrected chi connectivity index (χ1v) is 9.79. The van der Waals surface area contributed by atoms with Crippen LogP contribution in [-0.4, -0.2) is 43.3 Å². The van der Waals surface area contributed by atoms with Crippen LogP contribution in [0.1, 0.15) is 30.7 Å². The van der Waals surface area contributed by atoms with Crippen LogP contribution in [0.25, 0.3) is 0 Å². The molecule has 0 radical (unpaired) electrons. The van der Waals surface area contributed by atoms with Gasteiger partial charge in [0.2, 0.25) is 5.91 Å². The average molecular weight is 381 g/mol. The van der Waals surface area contributed by atoms with Gasteiger partial charge in [-0.2, -0.15) is 0 Å². The van der Waals surface area contributed by atoms with Crippen LogP contribution < -0.4 is 10.1 Å². The van der Waals surface area contributed by atoms with E-state index >= 15 is 0 Å². The summed E-state index contributed by atoms with van der Waals surface area (Å²) in [5, 5.41) is 2.69. The molecule has 0 aromatic heterocycles. The highest BCUT2D eigenvalue weighted by atomic mass is 19.1. The SMILES string of the molecule is O=C1Nc2cc(F)ccc2C1C=Nc1ccc(OCCN2CCCCC2)cc1. The number of likely N-dealkylation sites (tertiary alicyclic amines) is 1. The van der Waals surface area contributed by atoms with Crippen LogP contribution in [0.4, 0.5) is 15.8 Å². The third kappa shape index (κ3) is 4.39. The van der Waals surface area contributed by atoms with Crippen LogP contribution in [0.3, 0.4) is 0 Å². The van der Waals surface area contributed by atoms with Gasteiger partial charge in [-0.05, 0) is 67.9 Å². The smallest absolute Gasteiger partial charge is 0.237 e. The minimum absolute atomic E-state index is 0.193. The Morgan fingerprint density at radius 2 is 1.93 bits per heavy atom. The van der Waals surface area contributed by atoms with Crippen molar-refractivity contribution in [2.24, 2.45) is 4.99 Å². The maximum absolute atomic E-state index is 13.3. The number of carbonyl (C=O) groups excluding carboxylic acids is 1. The Balaban J connectivity index is 1.32. The molecule has 6 heteroatoms. The maximum atomic E-state index is 13.3. The third-order valence-corrected chi connectivity index (χ3v) is 5.23. The summed E-state index contributed by atoms with van der Waals surface area (Å²) < 4.78 is 19.1. The van der Waals surface area contributed by atoms with E-state index in [-0.39, 0.29) is 11.7 Å². The Morgan fingerprint density at radius 3 is 2.71 bits per heavy atom. The van der Waals surface area contributed by atoms with Crippen LogP contribution >= 0.6 is 0 Å². The summed E-state index contributed by atoms with van der Waals surface area (Å²) >= 11 is 0. The second-order valence-corrected chi connectivity index (χ2v) is 7.22. The first kappa shape index (κ1) is 18.6. The third-order valence-electron chi connectivity index (χ3n) is 5.23. The van der Waals surface area contributed by atoms with Gasteiger partial charge in [0.05, 0.1) is 5.69 Å². The first-order chi connectivity index (χ1) is 13.7. The van der Waals surface area contributed by atoms with Crippen molar-refractivity contribution >= 4 is 23.5 Å². The van der Waals surface area contributed by atoms with Crippen molar-refractivity contribution in [1.29, 1.82) is 0 Å². The lowest BCUT2D eigenvalue weighted by Crippen LogP contribution is -2.33. The Kier molecular flexibility index (Phi) is 5.67. The van der Waals surface area contributed by atoms with Gasteiger partial charge in [-0.3, -0.25) is 14.7 Å². The highest BCUT2D eigenvalue weighted by molar-refractivity contribution is 6.12. The molecular weight excluding hydrogens is 357 g/mol. The van der Waals surface area contributed by atoms with Crippen LogP contribution in [-0.2, 0) is 4.79 Å². The van der Waals surface area contributed by atoms with E-state index in [0.29, 0.717) is 12.3 Å². The first-order valence-electron chi connectivity index (χ1n) is 9.79. The molecule has 2 aliphatic rings. The van der Waals surface area contributed by atoms with Gasteiger partial charge in [0, 0.05) is 18.4 Å². The van der Waals surface area contributed by atoms with E-state index < -0.39 is 5.92 Å². The van der Waals surface area contributed by atoms with E-state index in [9.17, 15) is 9.18 Å². The molecule has 1 fully saturated rings. The molecule has 2 aromatic rings. The summed E-state index contributed by atoms with van der Waals surface area (Å²) in [7, 11) is 0. The lowest BCUT2D eigenvalue weighted by atomic mass is 10.0. The number of hydrogen-bond acceptors (Lipinski definition) is 4. The van der Waals surface area contributed by atoms with Gasteiger partial charge in [0.1, 0.15) is 24.1 Å². The second kappa shape index (κ2) is 8.52. The largest absolute Gasteiger partial charge is 0.492 e. The summed E-state index contributed by atoms with van der Waals surface area (Å²) in [5.74, 6) is -0.249. The quantitative estimate of drug-likeness (QED) is 0.766. The predicted octanol–water partition coefficient (Wildman–Crippen LogP) is 4.13. The number of fused-ring (bicyclic) bond motifs is 1. The molecule has 0 saturated carbocycles. The Labute approximate surface area is 164 Å². The summed E-state index contributed by atoms with van der Waals surface area (Å²) in [4.78, 5) is 19.0. The fraction of sp³-hybridized carbons (Fsp3) is 0.364. The molecule has 5 nitrogen and oxygen atoms in total. The van der Waals surface area contributed by atoms with Gasteiger partial charge in [0.15, 0.2) is 0 Å². The van der Waals surface area contributed by atoms with Crippen molar-refractivity contribution in [2.45, 2.75) is 25.2 Å². The highest BCUT2D eigenvalue weighted by Gasteiger charge is 2.29. The van der Waals surface area contributed by atoms with Crippen LogP contribution in [0.15, 0.2) is 47.5 Å². The molecule has 146 valence electrons. The van der Waals surface area contributed by atoms with Crippen molar-refractivity contribution < 1.29 is 13.9 Å². The highest BCUT2D eigenvalue weighted by Crippen LogP contribution is 2.32. The van der Waals surface area contributed by atoms with Crippen LogP contribution in [0.5, 0.6) is 5.75 Å². The van der Waals surface area contributed by atoms with Crippen LogP contribution in [0, 0.1) is 5.82 Å². The van der Waals surface area contributed by atoms with Crippen molar-refractivity contribution in [3.8, 4) is 5.75 Å². The lowest BCUT2D eigenvalue weighted by molar-refractivity contribution is -0.115. The number of nitrogens with zero attached hydrogens (tertiary/aromatic N) is 2. The monoisotopic (exact) mass is 381 g/mol. The second-order valence-electron chi connectivity index (χ2n) is 7.22. The number of halogens is 1. The van der Waals surface area contributed by atoms with Gasteiger partial charge < -0.3 is 10.1 Å². The molecule has 0 bridgehead atoms. The van der Waals surface area contributed by atoms with E-state index in [1.807, 2.05) is 24.3 Å². The lowest BCUT2D eigenvalue weighted by Gasteiger charge is -2.26. The van der Waals surface area contributed by atoms with Crippen LogP contribution in [0.2, 0.25) is 0 Å². The Hall–Kier alpha value is -2.73. The number of piperidine rings is 1. The minimum Gasteiger partial charge on any atom is -0.492 e. The molecule has 2 heterocycles. The summed E-state index contributed by atoms with van der Waals surface area (Å²) in [6.07, 6.45) is 5.51. The minimum atomic E-state index is -0.504. The van der Waals surface area contributed by atoms with Gasteiger partial charge in [-0.25, -0.2) is 4.39 Å². The molecule has 1 N–H and O–H groups in total.